The fourth-order valence-corrected chi connectivity index (χ4v) is 4.81. The lowest BCUT2D eigenvalue weighted by Crippen LogP contribution is -2.49. The third-order valence-electron chi connectivity index (χ3n) is 6.30. The maximum atomic E-state index is 12.4. The second kappa shape index (κ2) is 7.49. The van der Waals surface area contributed by atoms with Gasteiger partial charge in [-0.2, -0.15) is 0 Å². The summed E-state index contributed by atoms with van der Waals surface area (Å²) in [5.74, 6) is 2.52. The van der Waals surface area contributed by atoms with Crippen molar-refractivity contribution in [2.45, 2.75) is 38.2 Å². The Balaban J connectivity index is 1.37. The Morgan fingerprint density at radius 2 is 1.96 bits per heavy atom. The topological polar surface area (TPSA) is 47.0 Å². The molecule has 1 heterocycles. The van der Waals surface area contributed by atoms with Crippen molar-refractivity contribution in [1.29, 1.82) is 0 Å². The van der Waals surface area contributed by atoms with Gasteiger partial charge in [-0.15, -0.1) is 0 Å². The van der Waals surface area contributed by atoms with Gasteiger partial charge < -0.3 is 14.9 Å². The molecular weight excluding hydrogens is 290 g/mol. The minimum absolute atomic E-state index is 0.222. The number of nitrogens with zero attached hydrogens (tertiary/aromatic N) is 3. The minimum atomic E-state index is -0.438. The zero-order valence-corrected chi connectivity index (χ0v) is 14.8. The standard InChI is InChI=1S/C18H33N3O2/c1-19-5-7-21(8-6-19)13-17(22)12-20(2)18(23)11-16-10-14-3-4-15(16)9-14/h14-17,22H,3-13H2,1-2H3. The second-order valence-electron chi connectivity index (χ2n) is 8.17. The van der Waals surface area contributed by atoms with Crippen molar-refractivity contribution in [3.8, 4) is 0 Å². The zero-order valence-electron chi connectivity index (χ0n) is 14.8. The Bertz CT molecular complexity index is 409. The van der Waals surface area contributed by atoms with Gasteiger partial charge in [0.05, 0.1) is 6.10 Å². The molecule has 4 unspecified atom stereocenters. The van der Waals surface area contributed by atoms with Gasteiger partial charge in [-0.1, -0.05) is 6.42 Å². The zero-order chi connectivity index (χ0) is 16.4. The number of aliphatic hydroxyl groups excluding tert-OH is 1. The van der Waals surface area contributed by atoms with Crippen LogP contribution in [0.15, 0.2) is 0 Å². The van der Waals surface area contributed by atoms with E-state index >= 15 is 0 Å². The van der Waals surface area contributed by atoms with E-state index in [2.05, 4.69) is 16.8 Å². The second-order valence-corrected chi connectivity index (χ2v) is 8.17. The molecule has 23 heavy (non-hydrogen) atoms. The molecule has 0 aromatic heterocycles. The molecule has 1 saturated heterocycles. The fourth-order valence-electron chi connectivity index (χ4n) is 4.81. The van der Waals surface area contributed by atoms with Gasteiger partial charge in [-0.3, -0.25) is 9.69 Å². The molecule has 3 aliphatic rings. The molecule has 0 radical (unpaired) electrons. The number of carbonyl (C=O) groups is 1. The highest BCUT2D eigenvalue weighted by Crippen LogP contribution is 2.49. The highest BCUT2D eigenvalue weighted by molar-refractivity contribution is 5.76. The number of hydrogen-bond acceptors (Lipinski definition) is 4. The summed E-state index contributed by atoms with van der Waals surface area (Å²) in [7, 11) is 3.98. The fraction of sp³-hybridized carbons (Fsp3) is 0.944. The van der Waals surface area contributed by atoms with E-state index < -0.39 is 6.10 Å². The Kier molecular flexibility index (Phi) is 5.60. The smallest absolute Gasteiger partial charge is 0.222 e. The first kappa shape index (κ1) is 17.2. The van der Waals surface area contributed by atoms with Crippen molar-refractivity contribution in [2.24, 2.45) is 17.8 Å². The lowest BCUT2D eigenvalue weighted by atomic mass is 9.86. The Morgan fingerprint density at radius 3 is 2.57 bits per heavy atom. The average Bonchev–Trinajstić information content (AvgIpc) is 3.12. The quantitative estimate of drug-likeness (QED) is 0.788. The summed E-state index contributed by atoms with van der Waals surface area (Å²) in [5.41, 5.74) is 0. The van der Waals surface area contributed by atoms with Crippen molar-refractivity contribution in [3.63, 3.8) is 0 Å². The van der Waals surface area contributed by atoms with Gasteiger partial charge in [0.25, 0.3) is 0 Å². The van der Waals surface area contributed by atoms with E-state index in [9.17, 15) is 9.90 Å². The number of fused-ring (bicyclic) bond motifs is 2. The van der Waals surface area contributed by atoms with Crippen molar-refractivity contribution >= 4 is 5.91 Å². The number of hydrogen-bond donors (Lipinski definition) is 1. The summed E-state index contributed by atoms with van der Waals surface area (Å²) in [6.45, 7) is 5.29. The molecule has 0 spiro atoms. The van der Waals surface area contributed by atoms with E-state index in [1.165, 1.54) is 25.7 Å². The van der Waals surface area contributed by atoms with Gasteiger partial charge in [0.1, 0.15) is 0 Å². The van der Waals surface area contributed by atoms with Gasteiger partial charge in [-0.05, 0) is 44.1 Å². The molecule has 132 valence electrons. The van der Waals surface area contributed by atoms with Crippen LogP contribution in [-0.4, -0.2) is 85.2 Å². The first-order chi connectivity index (χ1) is 11.0. The number of amides is 1. The van der Waals surface area contributed by atoms with Crippen LogP contribution < -0.4 is 0 Å². The normalized spacial score (nSPS) is 33.1. The number of aliphatic hydroxyl groups is 1. The molecule has 3 rings (SSSR count). The number of β-amino-alcohol motifs (C(OH)–C–C–N with tert-alkyl or cyclic N) is 1. The van der Waals surface area contributed by atoms with Gasteiger partial charge in [0.2, 0.25) is 5.91 Å². The molecule has 5 heteroatoms. The first-order valence-corrected chi connectivity index (χ1v) is 9.34. The molecule has 1 N–H and O–H groups in total. The van der Waals surface area contributed by atoms with Crippen LogP contribution in [0.1, 0.15) is 32.1 Å². The maximum Gasteiger partial charge on any atom is 0.222 e. The molecule has 3 fully saturated rings. The van der Waals surface area contributed by atoms with E-state index in [4.69, 9.17) is 0 Å². The van der Waals surface area contributed by atoms with E-state index in [0.717, 1.165) is 38.0 Å². The molecule has 1 aliphatic heterocycles. The highest BCUT2D eigenvalue weighted by Gasteiger charge is 2.40. The number of rotatable bonds is 6. The summed E-state index contributed by atoms with van der Waals surface area (Å²) in [6.07, 6.45) is 5.58. The van der Waals surface area contributed by atoms with Crippen LogP contribution in [0.4, 0.5) is 0 Å². The van der Waals surface area contributed by atoms with E-state index in [-0.39, 0.29) is 5.91 Å². The average molecular weight is 323 g/mol. The molecule has 0 aromatic carbocycles. The number of carbonyl (C=O) groups excluding carboxylic acids is 1. The first-order valence-electron chi connectivity index (χ1n) is 9.34. The Morgan fingerprint density at radius 1 is 1.22 bits per heavy atom. The summed E-state index contributed by atoms with van der Waals surface area (Å²) >= 11 is 0. The SMILES string of the molecule is CN1CCN(CC(O)CN(C)C(=O)CC2CC3CCC2C3)CC1. The Hall–Kier alpha value is -0.650. The largest absolute Gasteiger partial charge is 0.390 e. The van der Waals surface area contributed by atoms with Crippen LogP contribution in [0.5, 0.6) is 0 Å². The molecule has 2 aliphatic carbocycles. The van der Waals surface area contributed by atoms with E-state index in [1.54, 1.807) is 4.90 Å². The third kappa shape index (κ3) is 4.46. The van der Waals surface area contributed by atoms with Crippen molar-refractivity contribution in [2.75, 3.05) is 53.4 Å². The van der Waals surface area contributed by atoms with Crippen LogP contribution in [0.25, 0.3) is 0 Å². The lowest BCUT2D eigenvalue weighted by molar-refractivity contribution is -0.132. The molecule has 1 amide bonds. The van der Waals surface area contributed by atoms with Crippen molar-refractivity contribution in [3.05, 3.63) is 0 Å². The van der Waals surface area contributed by atoms with E-state index in [0.29, 0.717) is 25.4 Å². The lowest BCUT2D eigenvalue weighted by Gasteiger charge is -2.34. The van der Waals surface area contributed by atoms with Crippen molar-refractivity contribution in [1.82, 2.24) is 14.7 Å². The van der Waals surface area contributed by atoms with Gasteiger partial charge in [0, 0.05) is 52.7 Å². The molecule has 5 nitrogen and oxygen atoms in total. The van der Waals surface area contributed by atoms with Crippen molar-refractivity contribution < 1.29 is 9.90 Å². The summed E-state index contributed by atoms with van der Waals surface area (Å²) in [5, 5.41) is 10.3. The predicted molar refractivity (Wildman–Crippen MR) is 91.1 cm³/mol. The Labute approximate surface area is 140 Å². The summed E-state index contributed by atoms with van der Waals surface area (Å²) < 4.78 is 0. The van der Waals surface area contributed by atoms with Gasteiger partial charge in [-0.25, -0.2) is 0 Å². The predicted octanol–water partition coefficient (Wildman–Crippen LogP) is 0.879. The van der Waals surface area contributed by atoms with Crippen LogP contribution in [0.3, 0.4) is 0 Å². The van der Waals surface area contributed by atoms with Crippen LogP contribution in [0, 0.1) is 17.8 Å². The van der Waals surface area contributed by atoms with Gasteiger partial charge >= 0.3 is 0 Å². The highest BCUT2D eigenvalue weighted by atomic mass is 16.3. The number of likely N-dealkylation sites (N-methyl/N-ethyl adjacent to an activating group) is 2. The molecule has 2 saturated carbocycles. The van der Waals surface area contributed by atoms with Crippen LogP contribution >= 0.6 is 0 Å². The molecule has 4 atom stereocenters. The maximum absolute atomic E-state index is 12.4. The summed E-state index contributed by atoms with van der Waals surface area (Å²) in [4.78, 5) is 18.8. The minimum Gasteiger partial charge on any atom is -0.390 e. The molecule has 2 bridgehead atoms. The monoisotopic (exact) mass is 323 g/mol. The summed E-state index contributed by atoms with van der Waals surface area (Å²) in [6, 6.07) is 0. The van der Waals surface area contributed by atoms with Gasteiger partial charge in [0.15, 0.2) is 0 Å². The van der Waals surface area contributed by atoms with E-state index in [1.807, 2.05) is 7.05 Å². The third-order valence-corrected chi connectivity index (χ3v) is 6.30. The molecule has 0 aromatic rings. The van der Waals surface area contributed by atoms with Crippen LogP contribution in [-0.2, 0) is 4.79 Å². The molecular formula is C18H33N3O2. The number of piperazine rings is 1. The van der Waals surface area contributed by atoms with Crippen LogP contribution in [0.2, 0.25) is 0 Å².